The van der Waals surface area contributed by atoms with Crippen molar-refractivity contribution in [2.24, 2.45) is 10.8 Å². The summed E-state index contributed by atoms with van der Waals surface area (Å²) in [6, 6.07) is 16.3. The first-order chi connectivity index (χ1) is 12.6. The van der Waals surface area contributed by atoms with E-state index in [1.165, 1.54) is 13.2 Å². The molecule has 0 aromatic heterocycles. The topological polar surface area (TPSA) is 140 Å². The maximum Gasteiger partial charge on any atom is 0.201 e. The zero-order valence-corrected chi connectivity index (χ0v) is 14.0. The Labute approximate surface area is 150 Å². The number of hydrazone groups is 1. The molecule has 0 unspecified atom stereocenters. The van der Waals surface area contributed by atoms with E-state index in [-0.39, 0.29) is 11.3 Å². The van der Waals surface area contributed by atoms with Crippen molar-refractivity contribution in [3.8, 4) is 23.6 Å². The van der Waals surface area contributed by atoms with Gasteiger partial charge in [0.05, 0.1) is 18.4 Å². The summed E-state index contributed by atoms with van der Waals surface area (Å²) < 4.78 is 11.1. The van der Waals surface area contributed by atoms with Gasteiger partial charge in [-0.25, -0.2) is 0 Å². The summed E-state index contributed by atoms with van der Waals surface area (Å²) in [7, 11) is 1.47. The number of rotatable bonds is 7. The first kappa shape index (κ1) is 18.3. The minimum atomic E-state index is -0.479. The molecule has 0 radical (unpaired) electrons. The molecule has 2 aromatic carbocycles. The quantitative estimate of drug-likeness (QED) is 0.398. The van der Waals surface area contributed by atoms with Crippen molar-refractivity contribution in [3.63, 3.8) is 0 Å². The largest absolute Gasteiger partial charge is 0.493 e. The molecule has 0 aliphatic heterocycles. The van der Waals surface area contributed by atoms with E-state index >= 15 is 0 Å². The van der Waals surface area contributed by atoms with E-state index < -0.39 is 5.84 Å². The molecule has 0 aliphatic rings. The van der Waals surface area contributed by atoms with Crippen LogP contribution in [0.1, 0.15) is 11.1 Å². The molecular formula is C18H16N6O2. The van der Waals surface area contributed by atoms with Crippen LogP contribution in [0.3, 0.4) is 0 Å². The highest BCUT2D eigenvalue weighted by Crippen LogP contribution is 2.34. The molecule has 0 bridgehead atoms. The summed E-state index contributed by atoms with van der Waals surface area (Å²) in [6.07, 6.45) is 0. The standard InChI is InChI=1S/C18H16N6O2/c1-25-16-7-13(9-19)14(23-24-15(10-20)18(21)22)8-17(16)26-11-12-5-3-2-4-6-12/h2-8,23H,11H2,1H3,(H3,21,22)/b24-15+. The van der Waals surface area contributed by atoms with Crippen LogP contribution in [0.4, 0.5) is 5.69 Å². The van der Waals surface area contributed by atoms with Crippen molar-refractivity contribution in [1.29, 1.82) is 15.9 Å². The number of nitriles is 2. The van der Waals surface area contributed by atoms with Crippen molar-refractivity contribution in [3.05, 3.63) is 53.6 Å². The third kappa shape index (κ3) is 4.49. The molecule has 8 heteroatoms. The zero-order valence-electron chi connectivity index (χ0n) is 14.0. The molecular weight excluding hydrogens is 332 g/mol. The van der Waals surface area contributed by atoms with Gasteiger partial charge in [-0.15, -0.1) is 0 Å². The fourth-order valence-corrected chi connectivity index (χ4v) is 2.01. The van der Waals surface area contributed by atoms with Gasteiger partial charge in [-0.05, 0) is 5.56 Å². The molecule has 2 rings (SSSR count). The van der Waals surface area contributed by atoms with Crippen molar-refractivity contribution < 1.29 is 9.47 Å². The van der Waals surface area contributed by atoms with Crippen LogP contribution in [-0.2, 0) is 6.61 Å². The SMILES string of the molecule is COc1cc(C#N)c(N/N=C(\C#N)C(=N)N)cc1OCc1ccccc1. The number of methoxy groups -OCH3 is 1. The van der Waals surface area contributed by atoms with E-state index in [0.29, 0.717) is 23.8 Å². The lowest BCUT2D eigenvalue weighted by Crippen LogP contribution is -2.22. The van der Waals surface area contributed by atoms with Crippen molar-refractivity contribution in [1.82, 2.24) is 0 Å². The molecule has 0 aliphatic carbocycles. The molecule has 0 amide bonds. The number of nitrogens with two attached hydrogens (primary N) is 1. The third-order valence-corrected chi connectivity index (χ3v) is 3.31. The van der Waals surface area contributed by atoms with Crippen LogP contribution in [0.15, 0.2) is 47.6 Å². The molecule has 2 aromatic rings. The van der Waals surface area contributed by atoms with Crippen LogP contribution in [0, 0.1) is 28.1 Å². The Morgan fingerprint density at radius 3 is 2.54 bits per heavy atom. The van der Waals surface area contributed by atoms with E-state index in [1.807, 2.05) is 36.4 Å². The third-order valence-electron chi connectivity index (χ3n) is 3.31. The first-order valence-electron chi connectivity index (χ1n) is 7.46. The first-order valence-corrected chi connectivity index (χ1v) is 7.46. The molecule has 8 nitrogen and oxygen atoms in total. The second-order valence-electron chi connectivity index (χ2n) is 5.03. The van der Waals surface area contributed by atoms with E-state index in [9.17, 15) is 5.26 Å². The number of ether oxygens (including phenoxy) is 2. The van der Waals surface area contributed by atoms with Gasteiger partial charge in [0.15, 0.2) is 17.3 Å². The molecule has 0 heterocycles. The van der Waals surface area contributed by atoms with Crippen LogP contribution in [0.2, 0.25) is 0 Å². The number of nitrogens with one attached hydrogen (secondary N) is 2. The average Bonchev–Trinajstić information content (AvgIpc) is 2.67. The monoisotopic (exact) mass is 348 g/mol. The summed E-state index contributed by atoms with van der Waals surface area (Å²) in [4.78, 5) is 0. The summed E-state index contributed by atoms with van der Waals surface area (Å²) in [6.45, 7) is 0.308. The van der Waals surface area contributed by atoms with Crippen LogP contribution in [-0.4, -0.2) is 18.7 Å². The number of hydrogen-bond acceptors (Lipinski definition) is 7. The number of nitrogens with zero attached hydrogens (tertiary/aromatic N) is 3. The Bertz CT molecular complexity index is 910. The zero-order chi connectivity index (χ0) is 18.9. The normalized spacial score (nSPS) is 10.3. The predicted octanol–water partition coefficient (Wildman–Crippen LogP) is 2.37. The Hall–Kier alpha value is -4.04. The van der Waals surface area contributed by atoms with E-state index in [4.69, 9.17) is 25.9 Å². The fourth-order valence-electron chi connectivity index (χ4n) is 2.01. The van der Waals surface area contributed by atoms with Crippen LogP contribution in [0.25, 0.3) is 0 Å². The number of benzene rings is 2. The Kier molecular flexibility index (Phi) is 6.13. The van der Waals surface area contributed by atoms with Crippen LogP contribution >= 0.6 is 0 Å². The lowest BCUT2D eigenvalue weighted by atomic mass is 10.1. The van der Waals surface area contributed by atoms with Gasteiger partial charge in [0, 0.05) is 12.1 Å². The highest BCUT2D eigenvalue weighted by atomic mass is 16.5. The van der Waals surface area contributed by atoms with Gasteiger partial charge in [-0.1, -0.05) is 30.3 Å². The molecule has 0 fully saturated rings. The number of anilines is 1. The summed E-state index contributed by atoms with van der Waals surface area (Å²) >= 11 is 0. The number of hydrogen-bond donors (Lipinski definition) is 3. The Balaban J connectivity index is 2.32. The van der Waals surface area contributed by atoms with E-state index in [0.717, 1.165) is 5.56 Å². The molecule has 0 spiro atoms. The minimum absolute atomic E-state index is 0.235. The van der Waals surface area contributed by atoms with Gasteiger partial charge >= 0.3 is 0 Å². The predicted molar refractivity (Wildman–Crippen MR) is 97.1 cm³/mol. The minimum Gasteiger partial charge on any atom is -0.493 e. The van der Waals surface area contributed by atoms with Crippen molar-refractivity contribution in [2.45, 2.75) is 6.61 Å². The Morgan fingerprint density at radius 1 is 1.23 bits per heavy atom. The highest BCUT2D eigenvalue weighted by Gasteiger charge is 2.12. The van der Waals surface area contributed by atoms with Crippen molar-refractivity contribution >= 4 is 17.2 Å². The van der Waals surface area contributed by atoms with Gasteiger partial charge in [-0.2, -0.15) is 15.6 Å². The smallest absolute Gasteiger partial charge is 0.201 e. The molecule has 130 valence electrons. The maximum atomic E-state index is 9.30. The molecule has 0 atom stereocenters. The van der Waals surface area contributed by atoms with Crippen LogP contribution in [0.5, 0.6) is 11.5 Å². The highest BCUT2D eigenvalue weighted by molar-refractivity contribution is 6.45. The van der Waals surface area contributed by atoms with Gasteiger partial charge in [0.2, 0.25) is 5.71 Å². The summed E-state index contributed by atoms with van der Waals surface area (Å²) in [5, 5.41) is 29.2. The van der Waals surface area contributed by atoms with E-state index in [1.54, 1.807) is 12.1 Å². The molecule has 0 saturated heterocycles. The lowest BCUT2D eigenvalue weighted by Gasteiger charge is -2.13. The Morgan fingerprint density at radius 2 is 1.96 bits per heavy atom. The second kappa shape index (κ2) is 8.71. The van der Waals surface area contributed by atoms with Crippen molar-refractivity contribution in [2.75, 3.05) is 12.5 Å². The molecule has 4 N–H and O–H groups in total. The van der Waals surface area contributed by atoms with Gasteiger partial charge < -0.3 is 15.2 Å². The second-order valence-corrected chi connectivity index (χ2v) is 5.03. The fraction of sp³-hybridized carbons (Fsp3) is 0.111. The molecule has 0 saturated carbocycles. The van der Waals surface area contributed by atoms with Gasteiger partial charge in [-0.3, -0.25) is 10.8 Å². The average molecular weight is 348 g/mol. The molecule has 26 heavy (non-hydrogen) atoms. The van der Waals surface area contributed by atoms with E-state index in [2.05, 4.69) is 10.5 Å². The maximum absolute atomic E-state index is 9.30. The summed E-state index contributed by atoms with van der Waals surface area (Å²) in [5.41, 5.74) is 9.03. The van der Waals surface area contributed by atoms with Gasteiger partial charge in [0.25, 0.3) is 0 Å². The summed E-state index contributed by atoms with van der Waals surface area (Å²) in [5.74, 6) is 0.307. The lowest BCUT2D eigenvalue weighted by molar-refractivity contribution is 0.284. The van der Waals surface area contributed by atoms with Crippen LogP contribution < -0.4 is 20.6 Å². The number of amidine groups is 1. The van der Waals surface area contributed by atoms with Gasteiger partial charge in [0.1, 0.15) is 18.7 Å².